The van der Waals surface area contributed by atoms with Gasteiger partial charge in [0.15, 0.2) is 5.82 Å². The van der Waals surface area contributed by atoms with Crippen LogP contribution in [0.2, 0.25) is 0 Å². The van der Waals surface area contributed by atoms with Gasteiger partial charge in [0.1, 0.15) is 12.4 Å². The van der Waals surface area contributed by atoms with Gasteiger partial charge < -0.3 is 19.1 Å². The van der Waals surface area contributed by atoms with Crippen LogP contribution in [0, 0.1) is 0 Å². The summed E-state index contributed by atoms with van der Waals surface area (Å²) in [5.74, 6) is 1.48. The van der Waals surface area contributed by atoms with Gasteiger partial charge in [0.05, 0.1) is 32.1 Å². The minimum Gasteiger partial charge on any atom is -0.462 e. The fourth-order valence-corrected chi connectivity index (χ4v) is 4.42. The maximum absolute atomic E-state index is 5.98. The average molecular weight is 453 g/mol. The van der Waals surface area contributed by atoms with E-state index in [0.29, 0.717) is 31.6 Å². The summed E-state index contributed by atoms with van der Waals surface area (Å²) in [6.07, 6.45) is 3.16. The summed E-state index contributed by atoms with van der Waals surface area (Å²) < 4.78 is 16.9. The third-order valence-corrected chi connectivity index (χ3v) is 6.26. The highest BCUT2D eigenvalue weighted by molar-refractivity contribution is 6.03. The van der Waals surface area contributed by atoms with Crippen molar-refractivity contribution >= 4 is 17.3 Å². The lowest BCUT2D eigenvalue weighted by atomic mass is 9.90. The van der Waals surface area contributed by atoms with Crippen molar-refractivity contribution in [3.8, 4) is 6.01 Å². The van der Waals surface area contributed by atoms with E-state index in [1.807, 2.05) is 6.07 Å². The molecule has 1 aromatic carbocycles. The molecule has 0 saturated carbocycles. The molecular weight excluding hydrogens is 420 g/mol. The molecule has 5 rings (SSSR count). The first-order chi connectivity index (χ1) is 16.3. The molecule has 9 heteroatoms. The number of hydrazone groups is 1. The monoisotopic (exact) mass is 452 g/mol. The van der Waals surface area contributed by atoms with E-state index in [1.54, 1.807) is 0 Å². The van der Waals surface area contributed by atoms with Crippen LogP contribution in [0.3, 0.4) is 0 Å². The molecule has 3 aliphatic rings. The normalized spacial score (nSPS) is 20.5. The summed E-state index contributed by atoms with van der Waals surface area (Å²) in [4.78, 5) is 13.8. The van der Waals surface area contributed by atoms with Gasteiger partial charge >= 0.3 is 6.01 Å². The molecule has 0 atom stereocenters. The van der Waals surface area contributed by atoms with Crippen molar-refractivity contribution in [1.82, 2.24) is 14.9 Å². The number of benzene rings is 1. The predicted octanol–water partition coefficient (Wildman–Crippen LogP) is 2.18. The van der Waals surface area contributed by atoms with Crippen molar-refractivity contribution in [3.63, 3.8) is 0 Å². The number of aryl methyl sites for hydroxylation is 1. The Bertz CT molecular complexity index is 957. The number of hydrogen-bond acceptors (Lipinski definition) is 9. The Hall–Kier alpha value is -2.75. The van der Waals surface area contributed by atoms with Gasteiger partial charge in [-0.05, 0) is 24.8 Å². The topological polar surface area (TPSA) is 84.3 Å². The predicted molar refractivity (Wildman–Crippen MR) is 127 cm³/mol. The molecule has 2 aliphatic heterocycles. The zero-order valence-corrected chi connectivity index (χ0v) is 19.0. The lowest BCUT2D eigenvalue weighted by molar-refractivity contribution is 0.0317. The molecule has 1 aliphatic carbocycles. The molecule has 0 spiro atoms. The molecular formula is C24H32N6O3. The number of morpholine rings is 2. The van der Waals surface area contributed by atoms with E-state index in [2.05, 4.69) is 49.5 Å². The van der Waals surface area contributed by atoms with Gasteiger partial charge in [-0.1, -0.05) is 24.3 Å². The first kappa shape index (κ1) is 22.1. The number of nitrogens with one attached hydrogen (secondary N) is 1. The van der Waals surface area contributed by atoms with E-state index < -0.39 is 0 Å². The van der Waals surface area contributed by atoms with Gasteiger partial charge in [-0.15, -0.1) is 0 Å². The van der Waals surface area contributed by atoms with Crippen LogP contribution in [-0.4, -0.2) is 86.3 Å². The third kappa shape index (κ3) is 5.79. The van der Waals surface area contributed by atoms with E-state index in [-0.39, 0.29) is 0 Å². The highest BCUT2D eigenvalue weighted by Crippen LogP contribution is 2.23. The molecule has 0 unspecified atom stereocenters. The maximum atomic E-state index is 5.98. The second-order valence-corrected chi connectivity index (χ2v) is 8.48. The zero-order chi connectivity index (χ0) is 22.3. The Morgan fingerprint density at radius 1 is 0.970 bits per heavy atom. The average Bonchev–Trinajstić information content (AvgIpc) is 2.88. The smallest absolute Gasteiger partial charge is 0.320 e. The number of hydrogen-bond donors (Lipinski definition) is 1. The molecule has 9 nitrogen and oxygen atoms in total. The van der Waals surface area contributed by atoms with Gasteiger partial charge in [0, 0.05) is 44.4 Å². The molecule has 2 aromatic rings. The number of ether oxygens (including phenoxy) is 3. The third-order valence-electron chi connectivity index (χ3n) is 6.26. The number of fused-ring (bicyclic) bond motifs is 1. The fraction of sp³-hybridized carbons (Fsp3) is 0.542. The van der Waals surface area contributed by atoms with E-state index in [0.717, 1.165) is 76.7 Å². The Labute approximate surface area is 194 Å². The number of anilines is 2. The fourth-order valence-electron chi connectivity index (χ4n) is 4.42. The van der Waals surface area contributed by atoms with Gasteiger partial charge in [-0.25, -0.2) is 0 Å². The summed E-state index contributed by atoms with van der Waals surface area (Å²) in [6.45, 7) is 7.77. The standard InChI is InChI=1S/C24H32N6O3/c1-2-6-20-19(4-1)5-3-7-21(20)27-28-22-18-23(30-11-15-32-16-12-30)26-24(25-22)33-17-10-29-8-13-31-14-9-29/h1-2,4,6,18H,3,5,7-17H2,(H,25,26,28)/b27-21-. The van der Waals surface area contributed by atoms with Crippen molar-refractivity contribution in [2.75, 3.05) is 76.1 Å². The molecule has 1 N–H and O–H groups in total. The molecule has 0 radical (unpaired) electrons. The quantitative estimate of drug-likeness (QED) is 0.640. The minimum atomic E-state index is 0.374. The largest absolute Gasteiger partial charge is 0.462 e. The van der Waals surface area contributed by atoms with Crippen molar-refractivity contribution in [2.24, 2.45) is 5.10 Å². The molecule has 0 amide bonds. The Kier molecular flexibility index (Phi) is 7.30. The van der Waals surface area contributed by atoms with Crippen molar-refractivity contribution in [3.05, 3.63) is 41.5 Å². The molecule has 176 valence electrons. The van der Waals surface area contributed by atoms with Crippen LogP contribution in [0.5, 0.6) is 6.01 Å². The summed E-state index contributed by atoms with van der Waals surface area (Å²) in [7, 11) is 0. The molecule has 2 saturated heterocycles. The minimum absolute atomic E-state index is 0.374. The van der Waals surface area contributed by atoms with Crippen molar-refractivity contribution in [1.29, 1.82) is 0 Å². The summed E-state index contributed by atoms with van der Waals surface area (Å²) >= 11 is 0. The van der Waals surface area contributed by atoms with Crippen LogP contribution in [0.15, 0.2) is 35.4 Å². The van der Waals surface area contributed by atoms with E-state index in [9.17, 15) is 0 Å². The van der Waals surface area contributed by atoms with Crippen LogP contribution in [0.1, 0.15) is 24.0 Å². The summed E-state index contributed by atoms with van der Waals surface area (Å²) in [5, 5.41) is 4.73. The highest BCUT2D eigenvalue weighted by Gasteiger charge is 2.18. The van der Waals surface area contributed by atoms with Crippen LogP contribution in [-0.2, 0) is 15.9 Å². The highest BCUT2D eigenvalue weighted by atomic mass is 16.5. The Balaban J connectivity index is 1.31. The Morgan fingerprint density at radius 2 is 1.76 bits per heavy atom. The first-order valence-electron chi connectivity index (χ1n) is 11.9. The lowest BCUT2D eigenvalue weighted by Crippen LogP contribution is -2.39. The molecule has 33 heavy (non-hydrogen) atoms. The van der Waals surface area contributed by atoms with Crippen LogP contribution < -0.4 is 15.1 Å². The van der Waals surface area contributed by atoms with Gasteiger partial charge in [-0.2, -0.15) is 15.1 Å². The van der Waals surface area contributed by atoms with E-state index in [1.165, 1.54) is 11.1 Å². The number of nitrogens with zero attached hydrogens (tertiary/aromatic N) is 5. The van der Waals surface area contributed by atoms with E-state index >= 15 is 0 Å². The summed E-state index contributed by atoms with van der Waals surface area (Å²) in [6, 6.07) is 10.8. The Morgan fingerprint density at radius 3 is 2.61 bits per heavy atom. The van der Waals surface area contributed by atoms with Crippen molar-refractivity contribution in [2.45, 2.75) is 19.3 Å². The van der Waals surface area contributed by atoms with Crippen LogP contribution in [0.25, 0.3) is 0 Å². The van der Waals surface area contributed by atoms with Gasteiger partial charge in [-0.3, -0.25) is 10.3 Å². The van der Waals surface area contributed by atoms with Crippen molar-refractivity contribution < 1.29 is 14.2 Å². The number of rotatable bonds is 7. The van der Waals surface area contributed by atoms with Crippen LogP contribution in [0.4, 0.5) is 11.6 Å². The number of aromatic nitrogens is 2. The van der Waals surface area contributed by atoms with Crippen LogP contribution >= 0.6 is 0 Å². The summed E-state index contributed by atoms with van der Waals surface area (Å²) in [5.41, 5.74) is 6.83. The van der Waals surface area contributed by atoms with Gasteiger partial charge in [0.25, 0.3) is 0 Å². The zero-order valence-electron chi connectivity index (χ0n) is 19.0. The molecule has 3 heterocycles. The second kappa shape index (κ2) is 10.9. The first-order valence-corrected chi connectivity index (χ1v) is 11.9. The SMILES string of the molecule is c1ccc2c(c1)CCC/C2=N/Nc1cc(N2CCOCC2)nc(OCCN2CCOCC2)n1. The lowest BCUT2D eigenvalue weighted by Gasteiger charge is -2.28. The van der Waals surface area contributed by atoms with Gasteiger partial charge in [0.2, 0.25) is 0 Å². The molecule has 0 bridgehead atoms. The van der Waals surface area contributed by atoms with E-state index in [4.69, 9.17) is 19.3 Å². The molecule has 1 aromatic heterocycles. The maximum Gasteiger partial charge on any atom is 0.320 e. The second-order valence-electron chi connectivity index (χ2n) is 8.48. The molecule has 2 fully saturated rings.